The number of hydrogen-bond donors (Lipinski definition) is 0. The van der Waals surface area contributed by atoms with Gasteiger partial charge >= 0.3 is 0 Å². The topological polar surface area (TPSA) is 54.5 Å². The number of nitrogens with zero attached hydrogens (tertiary/aromatic N) is 1. The number of carbonyl (C=O) groups excluding carboxylic acids is 1. The molecule has 1 amide bonds. The fourth-order valence-electron chi connectivity index (χ4n) is 4.24. The van der Waals surface area contributed by atoms with Crippen molar-refractivity contribution in [2.24, 2.45) is 0 Å². The monoisotopic (exact) mass is 353 g/mol. The Morgan fingerprint density at radius 2 is 1.79 bits per heavy atom. The molecule has 2 aliphatic rings. The Bertz CT molecular complexity index is 723. The fraction of sp³-hybridized carbons (Fsp3) is 0.611. The Labute approximate surface area is 143 Å². The third-order valence-corrected chi connectivity index (χ3v) is 7.69. The molecule has 0 spiro atoms. The van der Waals surface area contributed by atoms with E-state index in [2.05, 4.69) is 0 Å². The van der Waals surface area contributed by atoms with Crippen LogP contribution in [0.1, 0.15) is 50.5 Å². The molecular formula is C18H24FNO3S. The molecule has 0 N–H and O–H groups in total. The average molecular weight is 353 g/mol. The molecule has 1 aromatic rings. The van der Waals surface area contributed by atoms with Gasteiger partial charge in [-0.3, -0.25) is 4.79 Å². The smallest absolute Gasteiger partial charge is 0.244 e. The lowest BCUT2D eigenvalue weighted by molar-refractivity contribution is -0.134. The van der Waals surface area contributed by atoms with E-state index in [1.54, 1.807) is 17.0 Å². The maximum Gasteiger partial charge on any atom is 0.244 e. The zero-order chi connectivity index (χ0) is 17.5. The number of halogens is 1. The van der Waals surface area contributed by atoms with Gasteiger partial charge in [0.05, 0.1) is 0 Å². The van der Waals surface area contributed by atoms with Crippen LogP contribution in [0.15, 0.2) is 24.3 Å². The minimum absolute atomic E-state index is 0.00761. The largest absolute Gasteiger partial charge is 0.338 e. The van der Waals surface area contributed by atoms with E-state index in [4.69, 9.17) is 0 Å². The molecule has 1 aliphatic heterocycles. The van der Waals surface area contributed by atoms with E-state index in [0.29, 0.717) is 19.4 Å². The highest BCUT2D eigenvalue weighted by Crippen LogP contribution is 2.41. The van der Waals surface area contributed by atoms with Crippen molar-refractivity contribution in [3.8, 4) is 0 Å². The first-order valence-corrected chi connectivity index (χ1v) is 10.4. The first-order chi connectivity index (χ1) is 11.2. The summed E-state index contributed by atoms with van der Waals surface area (Å²) in [7, 11) is -3.45. The molecule has 1 aromatic carbocycles. The molecule has 0 bridgehead atoms. The van der Waals surface area contributed by atoms with Crippen LogP contribution in [0.4, 0.5) is 4.39 Å². The zero-order valence-electron chi connectivity index (χ0n) is 14.2. The minimum Gasteiger partial charge on any atom is -0.338 e. The van der Waals surface area contributed by atoms with E-state index in [1.165, 1.54) is 18.4 Å². The van der Waals surface area contributed by atoms with Crippen LogP contribution >= 0.6 is 0 Å². The lowest BCUT2D eigenvalue weighted by Crippen LogP contribution is -2.53. The van der Waals surface area contributed by atoms with Gasteiger partial charge < -0.3 is 4.90 Å². The standard InChI is InChI=1S/C18H24FNO3S/c1-13-11-15(14-5-7-16(19)8-6-14)12-20(13)17(21)18(24(2,22)23)9-3-4-10-18/h5-8,13,15H,3-4,9-12H2,1-2H3. The first-order valence-electron chi connectivity index (χ1n) is 8.51. The normalized spacial score (nSPS) is 26.7. The molecule has 2 fully saturated rings. The van der Waals surface area contributed by atoms with Crippen molar-refractivity contribution in [3.63, 3.8) is 0 Å². The van der Waals surface area contributed by atoms with Crippen LogP contribution < -0.4 is 0 Å². The van der Waals surface area contributed by atoms with Crippen LogP contribution in [0, 0.1) is 5.82 Å². The Morgan fingerprint density at radius 3 is 2.33 bits per heavy atom. The molecule has 0 aromatic heterocycles. The molecule has 6 heteroatoms. The maximum atomic E-state index is 13.1. The number of carbonyl (C=O) groups is 1. The van der Waals surface area contributed by atoms with Gasteiger partial charge in [0.2, 0.25) is 5.91 Å². The molecule has 24 heavy (non-hydrogen) atoms. The van der Waals surface area contributed by atoms with E-state index in [0.717, 1.165) is 24.8 Å². The van der Waals surface area contributed by atoms with Crippen molar-refractivity contribution in [2.75, 3.05) is 12.8 Å². The molecular weight excluding hydrogens is 329 g/mol. The van der Waals surface area contributed by atoms with Crippen LogP contribution in [0.2, 0.25) is 0 Å². The summed E-state index contributed by atoms with van der Waals surface area (Å²) in [6.45, 7) is 2.47. The third kappa shape index (κ3) is 2.85. The van der Waals surface area contributed by atoms with Crippen molar-refractivity contribution < 1.29 is 17.6 Å². The van der Waals surface area contributed by atoms with Crippen molar-refractivity contribution in [1.29, 1.82) is 0 Å². The minimum atomic E-state index is -3.45. The number of likely N-dealkylation sites (tertiary alicyclic amines) is 1. The predicted octanol–water partition coefficient (Wildman–Crippen LogP) is 2.89. The summed E-state index contributed by atoms with van der Waals surface area (Å²) in [5.74, 6) is -0.387. The summed E-state index contributed by atoms with van der Waals surface area (Å²) < 4.78 is 36.6. The van der Waals surface area contributed by atoms with Gasteiger partial charge in [-0.2, -0.15) is 0 Å². The SMILES string of the molecule is CC1CC(c2ccc(F)cc2)CN1C(=O)C1(S(C)(=O)=O)CCCC1. The lowest BCUT2D eigenvalue weighted by atomic mass is 9.97. The van der Waals surface area contributed by atoms with Gasteiger partial charge in [-0.1, -0.05) is 25.0 Å². The van der Waals surface area contributed by atoms with Gasteiger partial charge in [0.25, 0.3) is 0 Å². The molecule has 132 valence electrons. The first kappa shape index (κ1) is 17.4. The van der Waals surface area contributed by atoms with Gasteiger partial charge in [-0.25, -0.2) is 12.8 Å². The second-order valence-electron chi connectivity index (χ2n) is 7.26. The van der Waals surface area contributed by atoms with Crippen LogP contribution in [0.3, 0.4) is 0 Å². The van der Waals surface area contributed by atoms with Crippen molar-refractivity contribution in [3.05, 3.63) is 35.6 Å². The Balaban J connectivity index is 1.84. The van der Waals surface area contributed by atoms with Crippen LogP contribution in [-0.2, 0) is 14.6 Å². The van der Waals surface area contributed by atoms with E-state index in [-0.39, 0.29) is 23.7 Å². The van der Waals surface area contributed by atoms with Crippen molar-refractivity contribution in [1.82, 2.24) is 4.90 Å². The molecule has 2 atom stereocenters. The number of benzene rings is 1. The van der Waals surface area contributed by atoms with Crippen LogP contribution in [-0.4, -0.2) is 42.8 Å². The lowest BCUT2D eigenvalue weighted by Gasteiger charge is -2.33. The van der Waals surface area contributed by atoms with Crippen molar-refractivity contribution >= 4 is 15.7 Å². The van der Waals surface area contributed by atoms with E-state index in [1.807, 2.05) is 6.92 Å². The summed E-state index contributed by atoms with van der Waals surface area (Å²) in [6.07, 6.45) is 4.38. The Kier molecular flexibility index (Phi) is 4.45. The number of hydrogen-bond acceptors (Lipinski definition) is 3. The highest BCUT2D eigenvalue weighted by atomic mass is 32.2. The maximum absolute atomic E-state index is 13.1. The number of rotatable bonds is 3. The average Bonchev–Trinajstić information content (AvgIpc) is 3.14. The Hall–Kier alpha value is -1.43. The molecule has 0 radical (unpaired) electrons. The Morgan fingerprint density at radius 1 is 1.21 bits per heavy atom. The summed E-state index contributed by atoms with van der Waals surface area (Å²) in [4.78, 5) is 14.9. The zero-order valence-corrected chi connectivity index (χ0v) is 15.0. The molecule has 1 heterocycles. The quantitative estimate of drug-likeness (QED) is 0.840. The summed E-state index contributed by atoms with van der Waals surface area (Å²) in [5, 5.41) is 0. The van der Waals surface area contributed by atoms with E-state index >= 15 is 0 Å². The second kappa shape index (κ2) is 6.14. The van der Waals surface area contributed by atoms with Gasteiger partial charge in [0.1, 0.15) is 5.82 Å². The second-order valence-corrected chi connectivity index (χ2v) is 9.59. The molecule has 1 aliphatic carbocycles. The van der Waals surface area contributed by atoms with Gasteiger partial charge in [-0.15, -0.1) is 0 Å². The third-order valence-electron chi connectivity index (χ3n) is 5.69. The molecule has 2 unspecified atom stereocenters. The number of amides is 1. The summed E-state index contributed by atoms with van der Waals surface area (Å²) in [6, 6.07) is 6.36. The molecule has 1 saturated heterocycles. The van der Waals surface area contributed by atoms with Gasteiger partial charge in [0, 0.05) is 24.8 Å². The van der Waals surface area contributed by atoms with Crippen molar-refractivity contribution in [2.45, 2.75) is 55.7 Å². The highest BCUT2D eigenvalue weighted by molar-refractivity contribution is 7.92. The van der Waals surface area contributed by atoms with Crippen LogP contribution in [0.25, 0.3) is 0 Å². The van der Waals surface area contributed by atoms with Gasteiger partial charge in [0.15, 0.2) is 14.6 Å². The predicted molar refractivity (Wildman–Crippen MR) is 91.0 cm³/mol. The number of sulfone groups is 1. The van der Waals surface area contributed by atoms with Gasteiger partial charge in [-0.05, 0) is 43.9 Å². The molecule has 4 nitrogen and oxygen atoms in total. The summed E-state index contributed by atoms with van der Waals surface area (Å²) in [5.41, 5.74) is 0.998. The fourth-order valence-corrected chi connectivity index (χ4v) is 5.71. The van der Waals surface area contributed by atoms with Crippen LogP contribution in [0.5, 0.6) is 0 Å². The van der Waals surface area contributed by atoms with E-state index < -0.39 is 14.6 Å². The summed E-state index contributed by atoms with van der Waals surface area (Å²) >= 11 is 0. The van der Waals surface area contributed by atoms with E-state index in [9.17, 15) is 17.6 Å². The molecule has 1 saturated carbocycles. The highest BCUT2D eigenvalue weighted by Gasteiger charge is 2.53. The molecule has 3 rings (SSSR count).